The van der Waals surface area contributed by atoms with Gasteiger partial charge in [-0.25, -0.2) is 0 Å². The molecule has 2 amide bonds. The molecular formula is C27H31NO4S. The van der Waals surface area contributed by atoms with Crippen molar-refractivity contribution in [3.8, 4) is 22.6 Å². The predicted molar refractivity (Wildman–Crippen MR) is 134 cm³/mol. The highest BCUT2D eigenvalue weighted by Gasteiger charge is 2.37. The summed E-state index contributed by atoms with van der Waals surface area (Å²) in [6.07, 6.45) is 4.00. The number of fused-ring (bicyclic) bond motifs is 1. The van der Waals surface area contributed by atoms with Crippen molar-refractivity contribution in [1.82, 2.24) is 5.32 Å². The van der Waals surface area contributed by atoms with Gasteiger partial charge in [0.25, 0.3) is 11.1 Å². The van der Waals surface area contributed by atoms with Crippen LogP contribution in [0.5, 0.6) is 11.5 Å². The van der Waals surface area contributed by atoms with Gasteiger partial charge in [-0.1, -0.05) is 33.8 Å². The summed E-state index contributed by atoms with van der Waals surface area (Å²) in [6, 6.07) is 8.45. The number of hydrogen-bond donors (Lipinski definition) is 1. The Labute approximate surface area is 199 Å². The number of benzene rings is 2. The number of ether oxygens (including phenoxy) is 2. The maximum Gasteiger partial charge on any atom is 0.290 e. The molecule has 0 aromatic heterocycles. The molecule has 1 saturated heterocycles. The minimum atomic E-state index is -0.379. The van der Waals surface area contributed by atoms with Crippen LogP contribution < -0.4 is 14.8 Å². The van der Waals surface area contributed by atoms with Crippen LogP contribution in [0.1, 0.15) is 62.8 Å². The van der Waals surface area contributed by atoms with Crippen molar-refractivity contribution >= 4 is 29.0 Å². The van der Waals surface area contributed by atoms with E-state index in [1.165, 1.54) is 11.1 Å². The van der Waals surface area contributed by atoms with Gasteiger partial charge in [-0.05, 0) is 94.4 Å². The molecule has 2 aromatic rings. The fourth-order valence-corrected chi connectivity index (χ4v) is 5.54. The van der Waals surface area contributed by atoms with Crippen molar-refractivity contribution in [2.75, 3.05) is 14.2 Å². The van der Waals surface area contributed by atoms with Gasteiger partial charge >= 0.3 is 0 Å². The van der Waals surface area contributed by atoms with E-state index in [4.69, 9.17) is 9.47 Å². The fraction of sp³-hybridized carbons (Fsp3) is 0.407. The van der Waals surface area contributed by atoms with Crippen LogP contribution in [0.4, 0.5) is 4.79 Å². The van der Waals surface area contributed by atoms with Gasteiger partial charge in [0.1, 0.15) is 0 Å². The van der Waals surface area contributed by atoms with Gasteiger partial charge in [-0.3, -0.25) is 14.9 Å². The molecule has 0 spiro atoms. The third kappa shape index (κ3) is 4.17. The van der Waals surface area contributed by atoms with Crippen LogP contribution in [0.15, 0.2) is 29.2 Å². The SMILES string of the molecule is COc1cc(C=C2SC(=O)NC2=O)cc(-c2cc3c(cc2C)C(C)(C)CCC3(C)C)c1OC. The van der Waals surface area contributed by atoms with E-state index < -0.39 is 0 Å². The molecule has 0 radical (unpaired) electrons. The maximum absolute atomic E-state index is 12.1. The van der Waals surface area contributed by atoms with Gasteiger partial charge in [0, 0.05) is 5.56 Å². The van der Waals surface area contributed by atoms with Gasteiger partial charge in [0.05, 0.1) is 19.1 Å². The normalized spacial score (nSPS) is 19.9. The molecule has 1 heterocycles. The summed E-state index contributed by atoms with van der Waals surface area (Å²) in [4.78, 5) is 24.1. The minimum Gasteiger partial charge on any atom is -0.493 e. The Balaban J connectivity index is 1.94. The van der Waals surface area contributed by atoms with Crippen molar-refractivity contribution in [3.63, 3.8) is 0 Å². The second-order valence-electron chi connectivity index (χ2n) is 10.1. The zero-order valence-electron chi connectivity index (χ0n) is 20.3. The van der Waals surface area contributed by atoms with Crippen molar-refractivity contribution in [2.24, 2.45) is 0 Å². The van der Waals surface area contributed by atoms with Gasteiger partial charge in [0.15, 0.2) is 11.5 Å². The molecule has 6 heteroatoms. The summed E-state index contributed by atoms with van der Waals surface area (Å²) in [6.45, 7) is 11.4. The van der Waals surface area contributed by atoms with Crippen molar-refractivity contribution in [3.05, 3.63) is 51.4 Å². The molecule has 1 aliphatic carbocycles. The second kappa shape index (κ2) is 8.24. The monoisotopic (exact) mass is 465 g/mol. The lowest BCUT2D eigenvalue weighted by molar-refractivity contribution is -0.115. The quantitative estimate of drug-likeness (QED) is 0.533. The number of nitrogens with one attached hydrogen (secondary N) is 1. The third-order valence-corrected chi connectivity index (χ3v) is 7.74. The number of hydrogen-bond acceptors (Lipinski definition) is 5. The van der Waals surface area contributed by atoms with Gasteiger partial charge in [-0.15, -0.1) is 0 Å². The van der Waals surface area contributed by atoms with E-state index in [0.29, 0.717) is 16.4 Å². The fourth-order valence-electron chi connectivity index (χ4n) is 4.85. The Morgan fingerprint density at radius 1 is 0.909 bits per heavy atom. The first-order chi connectivity index (χ1) is 15.5. The lowest BCUT2D eigenvalue weighted by Gasteiger charge is -2.42. The summed E-state index contributed by atoms with van der Waals surface area (Å²) in [5.74, 6) is 0.846. The lowest BCUT2D eigenvalue weighted by atomic mass is 9.62. The molecule has 0 bridgehead atoms. The first kappa shape index (κ1) is 23.4. The summed E-state index contributed by atoms with van der Waals surface area (Å²) in [5, 5.41) is 1.95. The third-order valence-electron chi connectivity index (χ3n) is 6.93. The van der Waals surface area contributed by atoms with Crippen LogP contribution in [0.25, 0.3) is 17.2 Å². The molecule has 1 aliphatic heterocycles. The van der Waals surface area contributed by atoms with Gasteiger partial charge in [0.2, 0.25) is 0 Å². The molecule has 33 heavy (non-hydrogen) atoms. The molecule has 2 aromatic carbocycles. The van der Waals surface area contributed by atoms with E-state index in [9.17, 15) is 9.59 Å². The highest BCUT2D eigenvalue weighted by Crippen LogP contribution is 2.49. The number of methoxy groups -OCH3 is 2. The number of amides is 2. The highest BCUT2D eigenvalue weighted by atomic mass is 32.2. The highest BCUT2D eigenvalue weighted by molar-refractivity contribution is 8.18. The molecule has 5 nitrogen and oxygen atoms in total. The van der Waals surface area contributed by atoms with E-state index in [0.717, 1.165) is 46.9 Å². The molecule has 1 N–H and O–H groups in total. The summed E-state index contributed by atoms with van der Waals surface area (Å²) in [5.41, 5.74) is 6.87. The van der Waals surface area contributed by atoms with E-state index in [1.807, 2.05) is 12.1 Å². The van der Waals surface area contributed by atoms with Gasteiger partial charge in [-0.2, -0.15) is 0 Å². The van der Waals surface area contributed by atoms with Crippen LogP contribution in [0.3, 0.4) is 0 Å². The maximum atomic E-state index is 12.1. The number of carbonyl (C=O) groups excluding carboxylic acids is 2. The number of aryl methyl sites for hydroxylation is 1. The zero-order chi connectivity index (χ0) is 24.1. The number of carbonyl (C=O) groups is 2. The molecule has 1 fully saturated rings. The van der Waals surface area contributed by atoms with Crippen LogP contribution in [0.2, 0.25) is 0 Å². The molecule has 0 atom stereocenters. The van der Waals surface area contributed by atoms with E-state index in [1.54, 1.807) is 20.3 Å². The smallest absolute Gasteiger partial charge is 0.290 e. The summed E-state index contributed by atoms with van der Waals surface area (Å²) >= 11 is 0.904. The standard InChI is InChI=1S/C27H31NO4S/c1-15-10-19-20(27(4,5)9-8-26(19,2)3)14-17(15)18-11-16(12-21(31-6)23(18)32-7)13-22-24(29)28-25(30)33-22/h10-14H,8-9H2,1-7H3,(H,28,29,30). The predicted octanol–water partition coefficient (Wildman–Crippen LogP) is 6.35. The Bertz CT molecular complexity index is 1190. The molecule has 0 saturated carbocycles. The Hall–Kier alpha value is -2.73. The molecule has 2 aliphatic rings. The van der Waals surface area contributed by atoms with Crippen LogP contribution in [0, 0.1) is 6.92 Å². The first-order valence-corrected chi connectivity index (χ1v) is 12.0. The van der Waals surface area contributed by atoms with E-state index in [2.05, 4.69) is 52.1 Å². The zero-order valence-corrected chi connectivity index (χ0v) is 21.2. The molecule has 4 rings (SSSR count). The average Bonchev–Trinajstić information content (AvgIpc) is 3.07. The van der Waals surface area contributed by atoms with Crippen LogP contribution in [-0.4, -0.2) is 25.4 Å². The summed E-state index contributed by atoms with van der Waals surface area (Å²) < 4.78 is 11.4. The van der Waals surface area contributed by atoms with E-state index in [-0.39, 0.29) is 22.0 Å². The average molecular weight is 466 g/mol. The summed E-state index contributed by atoms with van der Waals surface area (Å²) in [7, 11) is 3.24. The minimum absolute atomic E-state index is 0.0726. The Kier molecular flexibility index (Phi) is 5.85. The number of thioether (sulfide) groups is 1. The first-order valence-electron chi connectivity index (χ1n) is 11.1. The lowest BCUT2D eigenvalue weighted by Crippen LogP contribution is -2.34. The van der Waals surface area contributed by atoms with Crippen LogP contribution >= 0.6 is 11.8 Å². The van der Waals surface area contributed by atoms with Crippen molar-refractivity contribution < 1.29 is 19.1 Å². The molecule has 174 valence electrons. The number of rotatable bonds is 4. The van der Waals surface area contributed by atoms with Crippen LogP contribution in [-0.2, 0) is 15.6 Å². The second-order valence-corrected chi connectivity index (χ2v) is 11.2. The van der Waals surface area contributed by atoms with Crippen molar-refractivity contribution in [2.45, 2.75) is 58.3 Å². The number of imide groups is 1. The molecular weight excluding hydrogens is 434 g/mol. The van der Waals surface area contributed by atoms with Gasteiger partial charge < -0.3 is 9.47 Å². The molecule has 0 unspecified atom stereocenters. The Morgan fingerprint density at radius 3 is 2.09 bits per heavy atom. The Morgan fingerprint density at radius 2 is 1.55 bits per heavy atom. The largest absolute Gasteiger partial charge is 0.493 e. The van der Waals surface area contributed by atoms with E-state index >= 15 is 0 Å². The topological polar surface area (TPSA) is 64.6 Å². The van der Waals surface area contributed by atoms with Crippen molar-refractivity contribution in [1.29, 1.82) is 0 Å².